The van der Waals surface area contributed by atoms with Crippen molar-refractivity contribution in [2.24, 2.45) is 5.73 Å². The fourth-order valence-corrected chi connectivity index (χ4v) is 2.16. The van der Waals surface area contributed by atoms with Gasteiger partial charge in [0.05, 0.1) is 6.17 Å². The minimum absolute atomic E-state index is 0.185. The van der Waals surface area contributed by atoms with Crippen LogP contribution in [0.4, 0.5) is 4.39 Å². The lowest BCUT2D eigenvalue weighted by Crippen LogP contribution is -2.32. The van der Waals surface area contributed by atoms with Crippen LogP contribution in [0.1, 0.15) is 38.2 Å². The summed E-state index contributed by atoms with van der Waals surface area (Å²) in [6.07, 6.45) is 9.07. The topological polar surface area (TPSA) is 53.3 Å². The number of unbranched alkanes of at least 4 members (excludes halogenated alkanes) is 2. The van der Waals surface area contributed by atoms with Gasteiger partial charge in [0.2, 0.25) is 0 Å². The smallest absolute Gasteiger partial charge is 0.123 e. The van der Waals surface area contributed by atoms with Crippen LogP contribution < -0.4 is 16.4 Å². The fourth-order valence-electron chi connectivity index (χ4n) is 2.16. The lowest BCUT2D eigenvalue weighted by Gasteiger charge is -2.12. The second kappa shape index (κ2) is 11.8. The molecule has 1 aliphatic rings. The van der Waals surface area contributed by atoms with Gasteiger partial charge in [0.25, 0.3) is 0 Å². The Hall–Kier alpha value is -1.69. The number of benzene rings is 1. The van der Waals surface area contributed by atoms with Crippen LogP contribution in [-0.4, -0.2) is 38.8 Å². The van der Waals surface area contributed by atoms with Crippen molar-refractivity contribution in [3.63, 3.8) is 0 Å². The van der Waals surface area contributed by atoms with Crippen molar-refractivity contribution in [1.82, 2.24) is 15.5 Å². The normalized spacial score (nSPS) is 16.3. The summed E-state index contributed by atoms with van der Waals surface area (Å²) < 4.78 is 12.9. The summed E-state index contributed by atoms with van der Waals surface area (Å²) >= 11 is 0. The number of nitrogens with one attached hydrogen (secondary N) is 2. The number of hydrogen-bond donors (Lipinski definition) is 3. The first-order valence-electron chi connectivity index (χ1n) is 8.92. The summed E-state index contributed by atoms with van der Waals surface area (Å²) in [4.78, 5) is 1.94. The van der Waals surface area contributed by atoms with E-state index in [0.29, 0.717) is 0 Å². The molecule has 1 unspecified atom stereocenters. The maximum atomic E-state index is 12.9. The molecule has 5 heteroatoms. The molecule has 1 aromatic carbocycles. The Balaban J connectivity index is 0.000000450. The minimum atomic E-state index is -0.192. The minimum Gasteiger partial charge on any atom is -0.359 e. The highest BCUT2D eigenvalue weighted by atomic mass is 19.1. The zero-order valence-electron chi connectivity index (χ0n) is 16.0. The van der Waals surface area contributed by atoms with Crippen molar-refractivity contribution in [3.05, 3.63) is 53.5 Å². The van der Waals surface area contributed by atoms with Crippen LogP contribution >= 0.6 is 0 Å². The molecule has 0 aliphatic carbocycles. The molecule has 0 bridgehead atoms. The predicted molar refractivity (Wildman–Crippen MR) is 105 cm³/mol. The highest BCUT2D eigenvalue weighted by molar-refractivity contribution is 5.68. The molecule has 1 aliphatic heterocycles. The van der Waals surface area contributed by atoms with Crippen molar-refractivity contribution in [2.75, 3.05) is 27.7 Å². The van der Waals surface area contributed by atoms with Gasteiger partial charge < -0.3 is 16.4 Å². The molecule has 25 heavy (non-hydrogen) atoms. The Bertz CT molecular complexity index is 541. The van der Waals surface area contributed by atoms with Gasteiger partial charge in [-0.2, -0.15) is 0 Å². The first-order valence-corrected chi connectivity index (χ1v) is 8.92. The van der Waals surface area contributed by atoms with Gasteiger partial charge in [-0.05, 0) is 71.6 Å². The molecule has 2 rings (SSSR count). The molecule has 0 saturated heterocycles. The van der Waals surface area contributed by atoms with Gasteiger partial charge in [-0.15, -0.1) is 0 Å². The van der Waals surface area contributed by atoms with Crippen molar-refractivity contribution in [3.8, 4) is 0 Å². The van der Waals surface area contributed by atoms with E-state index >= 15 is 0 Å². The molecule has 0 fully saturated rings. The number of halogens is 1. The largest absolute Gasteiger partial charge is 0.359 e. The van der Waals surface area contributed by atoms with E-state index in [0.717, 1.165) is 30.6 Å². The summed E-state index contributed by atoms with van der Waals surface area (Å²) in [6, 6.07) is 6.61. The lowest BCUT2D eigenvalue weighted by atomic mass is 10.1. The van der Waals surface area contributed by atoms with Gasteiger partial charge in [0.1, 0.15) is 5.82 Å². The highest BCUT2D eigenvalue weighted by Crippen LogP contribution is 2.22. The molecule has 0 spiro atoms. The first kappa shape index (κ1) is 21.4. The molecule has 0 radical (unpaired) electrons. The SMILES string of the molecule is CC(N)N(C)C.CNCCCC/C=C1/CC=C(c2ccc(F)cc2)N1. The standard InChI is InChI=1S/C16H21FN2.C4H12N2/c1-18-12-4-2-3-5-15-10-11-16(19-15)13-6-8-14(17)9-7-13;1-4(5)6(2)3/h5-9,11,18-19H,2-4,10,12H2,1H3;4H,5H2,1-3H3/b15-5-;. The van der Waals surface area contributed by atoms with Crippen LogP contribution in [0.3, 0.4) is 0 Å². The third-order valence-corrected chi connectivity index (χ3v) is 4.06. The van der Waals surface area contributed by atoms with Crippen molar-refractivity contribution in [2.45, 2.75) is 38.8 Å². The van der Waals surface area contributed by atoms with Crippen molar-refractivity contribution < 1.29 is 4.39 Å². The summed E-state index contributed by atoms with van der Waals surface area (Å²) in [7, 11) is 5.88. The van der Waals surface area contributed by atoms with Gasteiger partial charge in [-0.25, -0.2) is 4.39 Å². The highest BCUT2D eigenvalue weighted by Gasteiger charge is 2.10. The van der Waals surface area contributed by atoms with Crippen LogP contribution in [0.5, 0.6) is 0 Å². The number of rotatable bonds is 7. The summed E-state index contributed by atoms with van der Waals surface area (Å²) in [5, 5.41) is 6.55. The third kappa shape index (κ3) is 8.82. The van der Waals surface area contributed by atoms with Gasteiger partial charge in [0.15, 0.2) is 0 Å². The van der Waals surface area contributed by atoms with Crippen molar-refractivity contribution in [1.29, 1.82) is 0 Å². The maximum Gasteiger partial charge on any atom is 0.123 e. The zero-order chi connectivity index (χ0) is 18.7. The second-order valence-electron chi connectivity index (χ2n) is 6.49. The zero-order valence-corrected chi connectivity index (χ0v) is 16.0. The molecule has 0 saturated carbocycles. The molecular formula is C20H33FN4. The third-order valence-electron chi connectivity index (χ3n) is 4.06. The van der Waals surface area contributed by atoms with Crippen LogP contribution in [0.2, 0.25) is 0 Å². The van der Waals surface area contributed by atoms with Crippen LogP contribution in [0.25, 0.3) is 5.70 Å². The molecule has 0 amide bonds. The number of hydrogen-bond acceptors (Lipinski definition) is 4. The van der Waals surface area contributed by atoms with Gasteiger partial charge >= 0.3 is 0 Å². The van der Waals surface area contributed by atoms with E-state index in [-0.39, 0.29) is 12.0 Å². The average molecular weight is 349 g/mol. The summed E-state index contributed by atoms with van der Waals surface area (Å²) in [5.41, 5.74) is 8.74. The second-order valence-corrected chi connectivity index (χ2v) is 6.49. The average Bonchev–Trinajstić information content (AvgIpc) is 3.04. The van der Waals surface area contributed by atoms with Gasteiger partial charge in [0, 0.05) is 17.8 Å². The Kier molecular flexibility index (Phi) is 10.1. The molecular weight excluding hydrogens is 315 g/mol. The quantitative estimate of drug-likeness (QED) is 0.523. The Labute approximate surface area is 152 Å². The molecule has 1 atom stereocenters. The van der Waals surface area contributed by atoms with E-state index in [2.05, 4.69) is 22.8 Å². The van der Waals surface area contributed by atoms with E-state index in [1.807, 2.05) is 45.1 Å². The molecule has 0 aromatic heterocycles. The molecule has 1 heterocycles. The Morgan fingerprint density at radius 1 is 1.28 bits per heavy atom. The number of allylic oxidation sites excluding steroid dienone is 2. The summed E-state index contributed by atoms with van der Waals surface area (Å²) in [6.45, 7) is 3.02. The maximum absolute atomic E-state index is 12.9. The van der Waals surface area contributed by atoms with E-state index in [9.17, 15) is 4.39 Å². The van der Waals surface area contributed by atoms with Gasteiger partial charge in [-0.3, -0.25) is 4.90 Å². The van der Waals surface area contributed by atoms with Crippen LogP contribution in [-0.2, 0) is 0 Å². The molecule has 1 aromatic rings. The molecule has 140 valence electrons. The fraction of sp³-hybridized carbons (Fsp3) is 0.500. The Morgan fingerprint density at radius 2 is 1.92 bits per heavy atom. The van der Waals surface area contributed by atoms with Crippen molar-refractivity contribution >= 4 is 5.70 Å². The van der Waals surface area contributed by atoms with Crippen LogP contribution in [0.15, 0.2) is 42.1 Å². The Morgan fingerprint density at radius 3 is 2.48 bits per heavy atom. The van der Waals surface area contributed by atoms with E-state index in [1.165, 1.54) is 30.7 Å². The van der Waals surface area contributed by atoms with E-state index in [1.54, 1.807) is 0 Å². The lowest BCUT2D eigenvalue weighted by molar-refractivity contribution is 0.322. The number of nitrogens with zero attached hydrogens (tertiary/aromatic N) is 1. The monoisotopic (exact) mass is 348 g/mol. The molecule has 4 N–H and O–H groups in total. The first-order chi connectivity index (χ1) is 11.9. The number of nitrogens with two attached hydrogens (primary N) is 1. The molecule has 4 nitrogen and oxygen atoms in total. The van der Waals surface area contributed by atoms with Crippen LogP contribution in [0, 0.1) is 5.82 Å². The predicted octanol–water partition coefficient (Wildman–Crippen LogP) is 3.29. The van der Waals surface area contributed by atoms with Gasteiger partial charge in [-0.1, -0.05) is 24.3 Å². The summed E-state index contributed by atoms with van der Waals surface area (Å²) in [5.74, 6) is -0.192. The van der Waals surface area contributed by atoms with E-state index < -0.39 is 0 Å². The van der Waals surface area contributed by atoms with E-state index in [4.69, 9.17) is 5.73 Å².